The lowest BCUT2D eigenvalue weighted by molar-refractivity contribution is -0.141. The van der Waals surface area contributed by atoms with Crippen LogP contribution in [0.1, 0.15) is 70.5 Å². The molecule has 0 saturated carbocycles. The fourth-order valence-corrected chi connectivity index (χ4v) is 3.31. The van der Waals surface area contributed by atoms with Crippen LogP contribution in [0.2, 0.25) is 0 Å². The fraction of sp³-hybridized carbons (Fsp3) is 0.583. The van der Waals surface area contributed by atoms with E-state index in [9.17, 15) is 24.3 Å². The minimum Gasteiger partial charge on any atom is -0.508 e. The van der Waals surface area contributed by atoms with Crippen LogP contribution in [0.4, 0.5) is 4.79 Å². The van der Waals surface area contributed by atoms with E-state index in [-0.39, 0.29) is 5.75 Å². The van der Waals surface area contributed by atoms with Crippen molar-refractivity contribution in [2.24, 2.45) is 5.73 Å². The molecular weight excluding hydrogens is 440 g/mol. The van der Waals surface area contributed by atoms with E-state index in [2.05, 4.69) is 10.6 Å². The van der Waals surface area contributed by atoms with Crippen molar-refractivity contribution in [3.05, 3.63) is 29.3 Å². The molecule has 0 bridgehead atoms. The lowest BCUT2D eigenvalue weighted by atomic mass is 10.0. The van der Waals surface area contributed by atoms with Crippen LogP contribution < -0.4 is 16.4 Å². The van der Waals surface area contributed by atoms with Crippen molar-refractivity contribution >= 4 is 23.8 Å². The summed E-state index contributed by atoms with van der Waals surface area (Å²) >= 11 is 0. The topological polar surface area (TPSA) is 151 Å². The predicted octanol–water partition coefficient (Wildman–Crippen LogP) is 2.28. The molecule has 0 aliphatic rings. The van der Waals surface area contributed by atoms with E-state index in [1.807, 2.05) is 6.92 Å². The van der Waals surface area contributed by atoms with Gasteiger partial charge in [-0.1, -0.05) is 25.8 Å². The standard InChI is InChI=1S/C24H38N4O6/c1-7-8-9-12-26-21(31)20(16-10-11-18(29)15(2)13-16)28(6)22(32)17(14-19(25)30)27-23(33)34-24(3,4)5/h10-11,13,17,20,29H,7-9,12,14H2,1-6H3,(H2,25,30)(H,26,31)(H,27,33). The molecule has 190 valence electrons. The molecule has 4 amide bonds. The molecule has 34 heavy (non-hydrogen) atoms. The summed E-state index contributed by atoms with van der Waals surface area (Å²) in [5, 5.41) is 15.1. The van der Waals surface area contributed by atoms with E-state index in [1.165, 1.54) is 13.1 Å². The van der Waals surface area contributed by atoms with Gasteiger partial charge in [0.1, 0.15) is 23.4 Å². The van der Waals surface area contributed by atoms with Gasteiger partial charge in [-0.05, 0) is 57.4 Å². The number of likely N-dealkylation sites (N-methyl/N-ethyl adjacent to an activating group) is 1. The molecule has 10 nitrogen and oxygen atoms in total. The summed E-state index contributed by atoms with van der Waals surface area (Å²) in [5.74, 6) is -1.86. The number of hydrogen-bond donors (Lipinski definition) is 4. The van der Waals surface area contributed by atoms with Crippen molar-refractivity contribution in [1.82, 2.24) is 15.5 Å². The Morgan fingerprint density at radius 2 is 1.82 bits per heavy atom. The summed E-state index contributed by atoms with van der Waals surface area (Å²) in [4.78, 5) is 51.5. The molecule has 0 aromatic heterocycles. The lowest BCUT2D eigenvalue weighted by Gasteiger charge is -2.31. The number of ether oxygens (including phenoxy) is 1. The van der Waals surface area contributed by atoms with Gasteiger partial charge < -0.3 is 31.1 Å². The van der Waals surface area contributed by atoms with Crippen LogP contribution in [0.3, 0.4) is 0 Å². The van der Waals surface area contributed by atoms with Crippen molar-refractivity contribution in [1.29, 1.82) is 0 Å². The minimum atomic E-state index is -1.33. The van der Waals surface area contributed by atoms with Gasteiger partial charge in [0, 0.05) is 13.6 Å². The number of phenols is 1. The van der Waals surface area contributed by atoms with Crippen molar-refractivity contribution in [3.63, 3.8) is 0 Å². The van der Waals surface area contributed by atoms with Crippen molar-refractivity contribution < 1.29 is 29.0 Å². The van der Waals surface area contributed by atoms with E-state index < -0.39 is 47.9 Å². The van der Waals surface area contributed by atoms with Crippen LogP contribution in [-0.2, 0) is 19.1 Å². The molecule has 0 saturated heterocycles. The number of benzene rings is 1. The molecule has 1 aromatic carbocycles. The van der Waals surface area contributed by atoms with Crippen molar-refractivity contribution in [2.45, 2.75) is 78.0 Å². The maximum absolute atomic E-state index is 13.3. The zero-order valence-electron chi connectivity index (χ0n) is 20.9. The van der Waals surface area contributed by atoms with Gasteiger partial charge in [-0.2, -0.15) is 0 Å². The molecule has 0 heterocycles. The molecule has 0 aliphatic heterocycles. The predicted molar refractivity (Wildman–Crippen MR) is 128 cm³/mol. The Labute approximate surface area is 201 Å². The highest BCUT2D eigenvalue weighted by Crippen LogP contribution is 2.26. The monoisotopic (exact) mass is 478 g/mol. The largest absolute Gasteiger partial charge is 0.508 e. The van der Waals surface area contributed by atoms with Gasteiger partial charge in [0.2, 0.25) is 17.7 Å². The molecule has 2 unspecified atom stereocenters. The highest BCUT2D eigenvalue weighted by Gasteiger charge is 2.35. The van der Waals surface area contributed by atoms with Crippen LogP contribution in [0, 0.1) is 6.92 Å². The molecule has 0 fully saturated rings. The van der Waals surface area contributed by atoms with Gasteiger partial charge in [-0.3, -0.25) is 14.4 Å². The summed E-state index contributed by atoms with van der Waals surface area (Å²) in [6, 6.07) is 2.21. The Kier molecular flexibility index (Phi) is 10.8. The van der Waals surface area contributed by atoms with E-state index in [0.29, 0.717) is 17.7 Å². The normalized spacial score (nSPS) is 12.9. The zero-order valence-corrected chi connectivity index (χ0v) is 20.9. The van der Waals surface area contributed by atoms with Gasteiger partial charge in [-0.15, -0.1) is 0 Å². The minimum absolute atomic E-state index is 0.0537. The Morgan fingerprint density at radius 1 is 1.18 bits per heavy atom. The Bertz CT molecular complexity index is 881. The number of rotatable bonds is 11. The second kappa shape index (κ2) is 12.8. The lowest BCUT2D eigenvalue weighted by Crippen LogP contribution is -2.52. The first-order valence-electron chi connectivity index (χ1n) is 11.4. The third kappa shape index (κ3) is 9.29. The van der Waals surface area contributed by atoms with Crippen molar-refractivity contribution in [3.8, 4) is 5.75 Å². The van der Waals surface area contributed by atoms with E-state index in [4.69, 9.17) is 10.5 Å². The van der Waals surface area contributed by atoms with Crippen LogP contribution in [-0.4, -0.2) is 59.1 Å². The molecule has 2 atom stereocenters. The van der Waals surface area contributed by atoms with Crippen LogP contribution >= 0.6 is 0 Å². The third-order valence-electron chi connectivity index (χ3n) is 4.99. The third-order valence-corrected chi connectivity index (χ3v) is 4.99. The molecule has 0 spiro atoms. The number of carbonyl (C=O) groups excluding carboxylic acids is 4. The summed E-state index contributed by atoms with van der Waals surface area (Å²) < 4.78 is 5.20. The Morgan fingerprint density at radius 3 is 2.35 bits per heavy atom. The fourth-order valence-electron chi connectivity index (χ4n) is 3.31. The zero-order chi connectivity index (χ0) is 26.1. The average Bonchev–Trinajstić information content (AvgIpc) is 2.71. The molecule has 5 N–H and O–H groups in total. The van der Waals surface area contributed by atoms with E-state index >= 15 is 0 Å². The van der Waals surface area contributed by atoms with Gasteiger partial charge in [-0.25, -0.2) is 4.79 Å². The second-order valence-electron chi connectivity index (χ2n) is 9.26. The number of nitrogens with two attached hydrogens (primary N) is 1. The number of aromatic hydroxyl groups is 1. The van der Waals surface area contributed by atoms with Crippen LogP contribution in [0.15, 0.2) is 18.2 Å². The summed E-state index contributed by atoms with van der Waals surface area (Å²) in [6.45, 7) is 9.15. The Hall–Kier alpha value is -3.30. The average molecular weight is 479 g/mol. The summed E-state index contributed by atoms with van der Waals surface area (Å²) in [7, 11) is 1.41. The smallest absolute Gasteiger partial charge is 0.408 e. The number of phenolic OH excluding ortho intramolecular Hbond substituents is 1. The number of amides is 4. The highest BCUT2D eigenvalue weighted by molar-refractivity contribution is 5.94. The van der Waals surface area contributed by atoms with Gasteiger partial charge >= 0.3 is 6.09 Å². The molecular formula is C24H38N4O6. The number of primary amides is 1. The van der Waals surface area contributed by atoms with E-state index in [1.54, 1.807) is 39.8 Å². The first-order valence-corrected chi connectivity index (χ1v) is 11.4. The molecule has 1 rings (SSSR count). The summed E-state index contributed by atoms with van der Waals surface area (Å²) in [5.41, 5.74) is 5.48. The van der Waals surface area contributed by atoms with Gasteiger partial charge in [0.15, 0.2) is 0 Å². The SMILES string of the molecule is CCCCCNC(=O)C(c1ccc(O)c(C)c1)N(C)C(=O)C(CC(N)=O)NC(=O)OC(C)(C)C. The Balaban J connectivity index is 3.24. The molecule has 1 aromatic rings. The number of aryl methyl sites for hydroxylation is 1. The number of hydrogen-bond acceptors (Lipinski definition) is 6. The maximum atomic E-state index is 13.3. The van der Waals surface area contributed by atoms with Crippen LogP contribution in [0.25, 0.3) is 0 Å². The summed E-state index contributed by atoms with van der Waals surface area (Å²) in [6.07, 6.45) is 1.35. The number of unbranched alkanes of at least 4 members (excludes halogenated alkanes) is 2. The quantitative estimate of drug-likeness (QED) is 0.358. The second-order valence-corrected chi connectivity index (χ2v) is 9.26. The van der Waals surface area contributed by atoms with Crippen LogP contribution in [0.5, 0.6) is 5.75 Å². The van der Waals surface area contributed by atoms with Gasteiger partial charge in [0.25, 0.3) is 0 Å². The number of nitrogens with one attached hydrogen (secondary N) is 2. The first kappa shape index (κ1) is 28.7. The van der Waals surface area contributed by atoms with Gasteiger partial charge in [0.05, 0.1) is 6.42 Å². The van der Waals surface area contributed by atoms with E-state index in [0.717, 1.165) is 24.2 Å². The number of carbonyl (C=O) groups is 4. The molecule has 0 radical (unpaired) electrons. The number of nitrogens with zero attached hydrogens (tertiary/aromatic N) is 1. The maximum Gasteiger partial charge on any atom is 0.408 e. The number of alkyl carbamates (subject to hydrolysis) is 1. The van der Waals surface area contributed by atoms with Crippen molar-refractivity contribution in [2.75, 3.05) is 13.6 Å². The first-order chi connectivity index (χ1) is 15.8. The highest BCUT2D eigenvalue weighted by atomic mass is 16.6. The molecule has 10 heteroatoms. The molecule has 0 aliphatic carbocycles.